The number of carboxylic acids is 1. The van der Waals surface area contributed by atoms with Gasteiger partial charge in [-0.05, 0) is 37.3 Å². The summed E-state index contributed by atoms with van der Waals surface area (Å²) in [5, 5.41) is 24.1. The van der Waals surface area contributed by atoms with E-state index in [1.807, 2.05) is 12.1 Å². The van der Waals surface area contributed by atoms with Gasteiger partial charge in [0.1, 0.15) is 0 Å². The Bertz CT molecular complexity index is 843. The van der Waals surface area contributed by atoms with E-state index in [0.717, 1.165) is 4.90 Å². The van der Waals surface area contributed by atoms with Crippen LogP contribution in [-0.4, -0.2) is 21.5 Å². The van der Waals surface area contributed by atoms with Gasteiger partial charge in [0, 0.05) is 21.7 Å². The van der Waals surface area contributed by atoms with Crippen LogP contribution in [0.3, 0.4) is 0 Å². The zero-order valence-corrected chi connectivity index (χ0v) is 14.8. The summed E-state index contributed by atoms with van der Waals surface area (Å²) in [7, 11) is 0. The molecule has 1 heterocycles. The molecule has 0 radical (unpaired) electrons. The summed E-state index contributed by atoms with van der Waals surface area (Å²) in [6.45, 7) is 1.78. The number of nitrogens with zero attached hydrogens (tertiary/aromatic N) is 1. The van der Waals surface area contributed by atoms with E-state index in [4.69, 9.17) is 11.6 Å². The average Bonchev–Trinajstić information content (AvgIpc) is 2.80. The highest BCUT2D eigenvalue weighted by atomic mass is 35.5. The molecule has 8 heteroatoms. The van der Waals surface area contributed by atoms with Crippen LogP contribution < -0.4 is 5.32 Å². The van der Waals surface area contributed by atoms with Crippen LogP contribution in [0.15, 0.2) is 47.4 Å². The molecule has 2 N–H and O–H groups in total. The summed E-state index contributed by atoms with van der Waals surface area (Å²) >= 11 is 7.31. The van der Waals surface area contributed by atoms with E-state index in [0.29, 0.717) is 16.3 Å². The topological polar surface area (TPSA) is 92.5 Å². The maximum Gasteiger partial charge on any atom is 0.305 e. The van der Waals surface area contributed by atoms with Gasteiger partial charge in [0.15, 0.2) is 0 Å². The molecule has 25 heavy (non-hydrogen) atoms. The molecule has 0 aliphatic carbocycles. The first-order chi connectivity index (χ1) is 11.8. The fraction of sp³-hybridized carbons (Fsp3) is 0.235. The zero-order chi connectivity index (χ0) is 18.2. The van der Waals surface area contributed by atoms with Crippen LogP contribution in [0.4, 0.5) is 11.4 Å². The van der Waals surface area contributed by atoms with Gasteiger partial charge < -0.3 is 10.4 Å². The van der Waals surface area contributed by atoms with Crippen molar-refractivity contribution >= 4 is 40.7 Å². The molecular formula is C17H15ClN2O4S. The minimum absolute atomic E-state index is 0.00872. The van der Waals surface area contributed by atoms with E-state index >= 15 is 0 Å². The molecule has 0 amide bonds. The number of hydrogen-bond acceptors (Lipinski definition) is 5. The van der Waals surface area contributed by atoms with Gasteiger partial charge >= 0.3 is 5.97 Å². The quantitative estimate of drug-likeness (QED) is 0.576. The fourth-order valence-corrected chi connectivity index (χ4v) is 4.54. The lowest BCUT2D eigenvalue weighted by Gasteiger charge is -2.30. The number of aliphatic carboxylic acids is 1. The number of nitro benzene ring substituents is 1. The van der Waals surface area contributed by atoms with Crippen molar-refractivity contribution in [2.24, 2.45) is 0 Å². The van der Waals surface area contributed by atoms with Crippen molar-refractivity contribution in [1.29, 1.82) is 0 Å². The first-order valence-electron chi connectivity index (χ1n) is 7.50. The molecule has 2 aromatic rings. The van der Waals surface area contributed by atoms with Crippen LogP contribution >= 0.6 is 23.4 Å². The highest BCUT2D eigenvalue weighted by molar-refractivity contribution is 7.99. The molecule has 1 aliphatic heterocycles. The third kappa shape index (κ3) is 3.43. The van der Waals surface area contributed by atoms with Crippen LogP contribution in [0.5, 0.6) is 0 Å². The second-order valence-electron chi connectivity index (χ2n) is 6.06. The Morgan fingerprint density at radius 2 is 2.04 bits per heavy atom. The number of nitro groups is 1. The van der Waals surface area contributed by atoms with Crippen molar-refractivity contribution in [3.63, 3.8) is 0 Å². The Morgan fingerprint density at radius 3 is 2.64 bits per heavy atom. The highest BCUT2D eigenvalue weighted by Gasteiger charge is 2.47. The number of benzene rings is 2. The molecule has 6 nitrogen and oxygen atoms in total. The molecule has 130 valence electrons. The van der Waals surface area contributed by atoms with Crippen molar-refractivity contribution in [1.82, 2.24) is 0 Å². The fourth-order valence-electron chi connectivity index (χ4n) is 3.08. The standard InChI is InChI=1S/C17H15ClN2O4S/c1-17(9-14(21)22)16(25-11-7-5-10(18)6-8-11)15-12(19-17)3-2-4-13(15)20(23)24/h2-8,16,19H,9H2,1H3,(H,21,22). The van der Waals surface area contributed by atoms with Crippen LogP contribution in [0, 0.1) is 10.1 Å². The first kappa shape index (κ1) is 17.6. The molecule has 1 aliphatic rings. The predicted octanol–water partition coefficient (Wildman–Crippen LogP) is 4.74. The Hall–Kier alpha value is -2.25. The lowest BCUT2D eigenvalue weighted by Crippen LogP contribution is -2.37. The highest BCUT2D eigenvalue weighted by Crippen LogP contribution is 2.55. The lowest BCUT2D eigenvalue weighted by molar-refractivity contribution is -0.385. The molecule has 0 spiro atoms. The van der Waals surface area contributed by atoms with Crippen molar-refractivity contribution in [2.45, 2.75) is 29.0 Å². The monoisotopic (exact) mass is 378 g/mol. The molecule has 2 aromatic carbocycles. The molecule has 0 fully saturated rings. The van der Waals surface area contributed by atoms with E-state index in [1.165, 1.54) is 17.8 Å². The van der Waals surface area contributed by atoms with Crippen molar-refractivity contribution in [3.05, 3.63) is 63.2 Å². The molecule has 0 aromatic heterocycles. The number of nitrogens with one attached hydrogen (secondary N) is 1. The Morgan fingerprint density at radius 1 is 1.36 bits per heavy atom. The number of fused-ring (bicyclic) bond motifs is 1. The molecule has 0 saturated carbocycles. The average molecular weight is 379 g/mol. The lowest BCUT2D eigenvalue weighted by atomic mass is 9.92. The minimum Gasteiger partial charge on any atom is -0.481 e. The van der Waals surface area contributed by atoms with Crippen LogP contribution in [0.25, 0.3) is 0 Å². The van der Waals surface area contributed by atoms with Crippen LogP contribution in [0.1, 0.15) is 24.2 Å². The van der Waals surface area contributed by atoms with Crippen molar-refractivity contribution in [2.75, 3.05) is 5.32 Å². The Kier molecular flexibility index (Phi) is 4.62. The van der Waals surface area contributed by atoms with Gasteiger partial charge in [0.25, 0.3) is 5.69 Å². The summed E-state index contributed by atoms with van der Waals surface area (Å²) < 4.78 is 0. The van der Waals surface area contributed by atoms with Gasteiger partial charge in [-0.3, -0.25) is 14.9 Å². The van der Waals surface area contributed by atoms with Crippen LogP contribution in [-0.2, 0) is 4.79 Å². The van der Waals surface area contributed by atoms with E-state index in [1.54, 1.807) is 31.2 Å². The van der Waals surface area contributed by atoms with Gasteiger partial charge in [-0.1, -0.05) is 17.7 Å². The molecule has 2 unspecified atom stereocenters. The minimum atomic E-state index is -0.966. The molecular weight excluding hydrogens is 364 g/mol. The van der Waals surface area contributed by atoms with Gasteiger partial charge in [0.05, 0.1) is 27.7 Å². The van der Waals surface area contributed by atoms with E-state index in [9.17, 15) is 20.0 Å². The van der Waals surface area contributed by atoms with E-state index in [2.05, 4.69) is 5.32 Å². The summed E-state index contributed by atoms with van der Waals surface area (Å²) in [5.41, 5.74) is 0.260. The van der Waals surface area contributed by atoms with Gasteiger partial charge in [0.2, 0.25) is 0 Å². The summed E-state index contributed by atoms with van der Waals surface area (Å²) in [6, 6.07) is 11.9. The Labute approximate surface area is 153 Å². The van der Waals surface area contributed by atoms with E-state index in [-0.39, 0.29) is 12.1 Å². The van der Waals surface area contributed by atoms with Crippen LogP contribution in [0.2, 0.25) is 5.02 Å². The maximum atomic E-state index is 11.5. The summed E-state index contributed by atoms with van der Waals surface area (Å²) in [5.74, 6) is -0.966. The second-order valence-corrected chi connectivity index (χ2v) is 7.68. The number of halogens is 1. The van der Waals surface area contributed by atoms with Gasteiger partial charge in [-0.15, -0.1) is 11.8 Å². The normalized spacial score (nSPS) is 21.4. The molecule has 0 bridgehead atoms. The zero-order valence-electron chi connectivity index (χ0n) is 13.2. The van der Waals surface area contributed by atoms with Crippen molar-refractivity contribution in [3.8, 4) is 0 Å². The predicted molar refractivity (Wildman–Crippen MR) is 97.4 cm³/mol. The number of anilines is 1. The number of rotatable bonds is 5. The first-order valence-corrected chi connectivity index (χ1v) is 8.75. The third-order valence-corrected chi connectivity index (χ3v) is 5.91. The molecule has 2 atom stereocenters. The number of thioether (sulfide) groups is 1. The molecule has 3 rings (SSSR count). The summed E-state index contributed by atoms with van der Waals surface area (Å²) in [4.78, 5) is 23.3. The SMILES string of the molecule is CC1(CC(=O)O)Nc2cccc([N+](=O)[O-])c2C1Sc1ccc(Cl)cc1. The van der Waals surface area contributed by atoms with Crippen molar-refractivity contribution < 1.29 is 14.8 Å². The third-order valence-electron chi connectivity index (χ3n) is 4.13. The molecule has 0 saturated heterocycles. The number of hydrogen-bond donors (Lipinski definition) is 2. The Balaban J connectivity index is 2.08. The smallest absolute Gasteiger partial charge is 0.305 e. The number of carbonyl (C=O) groups is 1. The number of carboxylic acid groups (broad SMARTS) is 1. The van der Waals surface area contributed by atoms with Gasteiger partial charge in [-0.25, -0.2) is 0 Å². The largest absolute Gasteiger partial charge is 0.481 e. The van der Waals surface area contributed by atoms with E-state index < -0.39 is 21.7 Å². The van der Waals surface area contributed by atoms with Gasteiger partial charge in [-0.2, -0.15) is 0 Å². The summed E-state index contributed by atoms with van der Waals surface area (Å²) in [6.07, 6.45) is -0.163. The maximum absolute atomic E-state index is 11.5. The second kappa shape index (κ2) is 6.57.